The Kier molecular flexibility index (Phi) is 6.02. The van der Waals surface area contributed by atoms with E-state index in [1.807, 2.05) is 0 Å². The number of nitrogens with one attached hydrogen (secondary N) is 1. The van der Waals surface area contributed by atoms with Crippen LogP contribution >= 0.6 is 0 Å². The summed E-state index contributed by atoms with van der Waals surface area (Å²) in [7, 11) is 0. The summed E-state index contributed by atoms with van der Waals surface area (Å²) >= 11 is 0. The van der Waals surface area contributed by atoms with Gasteiger partial charge >= 0.3 is 0 Å². The minimum Gasteiger partial charge on any atom is -0.311 e. The summed E-state index contributed by atoms with van der Waals surface area (Å²) in [6.45, 7) is 12.5. The molecule has 1 fully saturated rings. The van der Waals surface area contributed by atoms with Crippen molar-refractivity contribution in [2.75, 3.05) is 19.6 Å². The molecule has 0 spiro atoms. The van der Waals surface area contributed by atoms with Crippen LogP contribution < -0.4 is 5.32 Å². The summed E-state index contributed by atoms with van der Waals surface area (Å²) in [5.41, 5.74) is 0. The van der Waals surface area contributed by atoms with Gasteiger partial charge in [-0.1, -0.05) is 27.7 Å². The summed E-state index contributed by atoms with van der Waals surface area (Å²) in [5, 5.41) is 3.69. The second-order valence-electron chi connectivity index (χ2n) is 6.00. The van der Waals surface area contributed by atoms with Crippen molar-refractivity contribution >= 4 is 0 Å². The third-order valence-corrected chi connectivity index (χ3v) is 3.61. The Labute approximate surface area is 107 Å². The van der Waals surface area contributed by atoms with Gasteiger partial charge in [0.15, 0.2) is 0 Å². The molecule has 0 bridgehead atoms. The first-order chi connectivity index (χ1) is 8.04. The standard InChI is InChI=1S/C15H28N2/c1-6-7-8-17-11-14(9-12(2)3)16-10-15(17)13(4)5/h1,12-16H,7-11H2,2-5H3. The Morgan fingerprint density at radius 3 is 2.59 bits per heavy atom. The van der Waals surface area contributed by atoms with Crippen LogP contribution in [0.25, 0.3) is 0 Å². The van der Waals surface area contributed by atoms with Crippen LogP contribution in [0, 0.1) is 24.2 Å². The Morgan fingerprint density at radius 2 is 2.06 bits per heavy atom. The molecule has 1 aliphatic rings. The first kappa shape index (κ1) is 14.5. The van der Waals surface area contributed by atoms with Gasteiger partial charge in [-0.05, 0) is 18.3 Å². The highest BCUT2D eigenvalue weighted by atomic mass is 15.2. The predicted molar refractivity (Wildman–Crippen MR) is 74.9 cm³/mol. The SMILES string of the molecule is C#CCCN1CC(CC(C)C)NCC1C(C)C. The zero-order valence-electron chi connectivity index (χ0n) is 11.9. The lowest BCUT2D eigenvalue weighted by molar-refractivity contribution is 0.0946. The average Bonchev–Trinajstić information content (AvgIpc) is 2.25. The van der Waals surface area contributed by atoms with Crippen LogP contribution in [0.15, 0.2) is 0 Å². The zero-order valence-corrected chi connectivity index (χ0v) is 11.9. The fourth-order valence-corrected chi connectivity index (χ4v) is 2.75. The van der Waals surface area contributed by atoms with E-state index in [1.54, 1.807) is 0 Å². The van der Waals surface area contributed by atoms with Crippen LogP contribution in [0.3, 0.4) is 0 Å². The van der Waals surface area contributed by atoms with Crippen molar-refractivity contribution in [2.24, 2.45) is 11.8 Å². The molecule has 1 N–H and O–H groups in total. The summed E-state index contributed by atoms with van der Waals surface area (Å²) in [6.07, 6.45) is 7.52. The molecule has 2 nitrogen and oxygen atoms in total. The topological polar surface area (TPSA) is 15.3 Å². The van der Waals surface area contributed by atoms with Crippen molar-refractivity contribution in [3.8, 4) is 12.3 Å². The lowest BCUT2D eigenvalue weighted by atomic mass is 9.95. The van der Waals surface area contributed by atoms with Crippen LogP contribution in [0.2, 0.25) is 0 Å². The van der Waals surface area contributed by atoms with Crippen LogP contribution in [-0.2, 0) is 0 Å². The van der Waals surface area contributed by atoms with E-state index in [9.17, 15) is 0 Å². The van der Waals surface area contributed by atoms with Crippen LogP contribution in [0.5, 0.6) is 0 Å². The molecule has 0 saturated carbocycles. The third-order valence-electron chi connectivity index (χ3n) is 3.61. The summed E-state index contributed by atoms with van der Waals surface area (Å²) in [5.74, 6) is 4.22. The van der Waals surface area contributed by atoms with Gasteiger partial charge in [0.25, 0.3) is 0 Å². The second-order valence-corrected chi connectivity index (χ2v) is 6.00. The minimum atomic E-state index is 0.641. The fraction of sp³-hybridized carbons (Fsp3) is 0.867. The molecule has 0 amide bonds. The van der Waals surface area contributed by atoms with Crippen LogP contribution in [-0.4, -0.2) is 36.6 Å². The highest BCUT2D eigenvalue weighted by molar-refractivity contribution is 4.91. The minimum absolute atomic E-state index is 0.641. The Balaban J connectivity index is 2.53. The highest BCUT2D eigenvalue weighted by Gasteiger charge is 2.29. The van der Waals surface area contributed by atoms with E-state index < -0.39 is 0 Å². The van der Waals surface area contributed by atoms with Crippen molar-refractivity contribution in [1.29, 1.82) is 0 Å². The van der Waals surface area contributed by atoms with E-state index in [1.165, 1.54) is 6.42 Å². The molecule has 1 rings (SSSR count). The normalized spacial score (nSPS) is 26.4. The van der Waals surface area contributed by atoms with Crippen LogP contribution in [0.1, 0.15) is 40.5 Å². The number of hydrogen-bond donors (Lipinski definition) is 1. The Hall–Kier alpha value is -0.520. The molecule has 0 aromatic carbocycles. The van der Waals surface area contributed by atoms with Gasteiger partial charge in [-0.2, -0.15) is 0 Å². The second kappa shape index (κ2) is 7.03. The molecule has 0 aromatic rings. The molecule has 0 radical (unpaired) electrons. The van der Waals surface area contributed by atoms with Crippen molar-refractivity contribution < 1.29 is 0 Å². The zero-order chi connectivity index (χ0) is 12.8. The van der Waals surface area contributed by atoms with Gasteiger partial charge in [0, 0.05) is 38.1 Å². The number of hydrogen-bond acceptors (Lipinski definition) is 2. The van der Waals surface area contributed by atoms with Gasteiger partial charge in [-0.15, -0.1) is 12.3 Å². The highest BCUT2D eigenvalue weighted by Crippen LogP contribution is 2.18. The summed E-state index contributed by atoms with van der Waals surface area (Å²) < 4.78 is 0. The lowest BCUT2D eigenvalue weighted by Crippen LogP contribution is -2.58. The van der Waals surface area contributed by atoms with E-state index in [-0.39, 0.29) is 0 Å². The molecule has 1 heterocycles. The first-order valence-electron chi connectivity index (χ1n) is 6.95. The molecule has 2 heteroatoms. The van der Waals surface area contributed by atoms with Gasteiger partial charge in [-0.25, -0.2) is 0 Å². The molecule has 98 valence electrons. The maximum absolute atomic E-state index is 5.39. The van der Waals surface area contributed by atoms with Crippen molar-refractivity contribution in [3.05, 3.63) is 0 Å². The average molecular weight is 236 g/mol. The van der Waals surface area contributed by atoms with E-state index in [0.717, 1.165) is 32.0 Å². The molecule has 0 aromatic heterocycles. The molecule has 1 aliphatic heterocycles. The van der Waals surface area contributed by atoms with Gasteiger partial charge in [0.05, 0.1) is 0 Å². The van der Waals surface area contributed by atoms with Gasteiger partial charge < -0.3 is 5.32 Å². The van der Waals surface area contributed by atoms with E-state index in [0.29, 0.717) is 18.0 Å². The largest absolute Gasteiger partial charge is 0.311 e. The quantitative estimate of drug-likeness (QED) is 0.737. The molecule has 2 atom stereocenters. The molecule has 0 aliphatic carbocycles. The monoisotopic (exact) mass is 236 g/mol. The van der Waals surface area contributed by atoms with E-state index in [2.05, 4.69) is 43.8 Å². The molecular weight excluding hydrogens is 208 g/mol. The fourth-order valence-electron chi connectivity index (χ4n) is 2.75. The predicted octanol–water partition coefficient (Wildman–Crippen LogP) is 2.35. The van der Waals surface area contributed by atoms with Gasteiger partial charge in [0.2, 0.25) is 0 Å². The first-order valence-corrected chi connectivity index (χ1v) is 6.95. The number of rotatable bonds is 5. The lowest BCUT2D eigenvalue weighted by Gasteiger charge is -2.42. The maximum Gasteiger partial charge on any atom is 0.0244 e. The van der Waals surface area contributed by atoms with Gasteiger partial charge in [-0.3, -0.25) is 4.90 Å². The van der Waals surface area contributed by atoms with Crippen molar-refractivity contribution in [1.82, 2.24) is 10.2 Å². The smallest absolute Gasteiger partial charge is 0.0244 e. The Bertz CT molecular complexity index is 252. The van der Waals surface area contributed by atoms with Gasteiger partial charge in [0.1, 0.15) is 0 Å². The van der Waals surface area contributed by atoms with Crippen LogP contribution in [0.4, 0.5) is 0 Å². The summed E-state index contributed by atoms with van der Waals surface area (Å²) in [4.78, 5) is 2.59. The van der Waals surface area contributed by atoms with E-state index >= 15 is 0 Å². The molecular formula is C15H28N2. The summed E-state index contributed by atoms with van der Waals surface area (Å²) in [6, 6.07) is 1.29. The third kappa shape index (κ3) is 4.69. The molecule has 1 saturated heterocycles. The molecule has 2 unspecified atom stereocenters. The Morgan fingerprint density at radius 1 is 1.35 bits per heavy atom. The molecule has 17 heavy (non-hydrogen) atoms. The number of terminal acetylenes is 1. The number of piperazine rings is 1. The van der Waals surface area contributed by atoms with E-state index in [4.69, 9.17) is 6.42 Å². The number of nitrogens with zero attached hydrogens (tertiary/aromatic N) is 1. The van der Waals surface area contributed by atoms with Crippen molar-refractivity contribution in [3.63, 3.8) is 0 Å². The van der Waals surface area contributed by atoms with Crippen molar-refractivity contribution in [2.45, 2.75) is 52.6 Å². The maximum atomic E-state index is 5.39.